The van der Waals surface area contributed by atoms with Gasteiger partial charge in [0.25, 0.3) is 11.5 Å². The minimum Gasteiger partial charge on any atom is -0.349 e. The van der Waals surface area contributed by atoms with Gasteiger partial charge in [-0.1, -0.05) is 18.2 Å². The maximum atomic E-state index is 12.7. The number of H-pyrrole nitrogens is 1. The van der Waals surface area contributed by atoms with Gasteiger partial charge >= 0.3 is 0 Å². The summed E-state index contributed by atoms with van der Waals surface area (Å²) in [6, 6.07) is 15.0. The minimum absolute atomic E-state index is 0.0683. The third-order valence-corrected chi connectivity index (χ3v) is 5.99. The summed E-state index contributed by atoms with van der Waals surface area (Å²) >= 11 is 0. The third-order valence-electron chi connectivity index (χ3n) is 5.99. The molecule has 2 N–H and O–H groups in total. The van der Waals surface area contributed by atoms with Crippen LogP contribution in [0.25, 0.3) is 16.5 Å². The zero-order valence-electron chi connectivity index (χ0n) is 16.9. The van der Waals surface area contributed by atoms with E-state index in [9.17, 15) is 9.59 Å². The number of aromatic nitrogens is 5. The predicted octanol–water partition coefficient (Wildman–Crippen LogP) is 2.96. The highest BCUT2D eigenvalue weighted by molar-refractivity contribution is 5.94. The van der Waals surface area contributed by atoms with E-state index in [4.69, 9.17) is 0 Å². The summed E-state index contributed by atoms with van der Waals surface area (Å²) in [6.07, 6.45) is 6.68. The molecule has 2 aromatic heterocycles. The Morgan fingerprint density at radius 1 is 1.00 bits per heavy atom. The Morgan fingerprint density at radius 3 is 2.45 bits per heavy atom. The van der Waals surface area contributed by atoms with Gasteiger partial charge < -0.3 is 5.32 Å². The Balaban J connectivity index is 1.23. The molecule has 5 rings (SSSR count). The van der Waals surface area contributed by atoms with Gasteiger partial charge in [-0.2, -0.15) is 10.2 Å². The van der Waals surface area contributed by atoms with Crippen molar-refractivity contribution in [3.63, 3.8) is 0 Å². The van der Waals surface area contributed by atoms with Crippen LogP contribution in [-0.4, -0.2) is 36.9 Å². The fourth-order valence-electron chi connectivity index (χ4n) is 4.33. The smallest absolute Gasteiger partial charge is 0.272 e. The maximum absolute atomic E-state index is 12.7. The number of hydrogen-bond donors (Lipinski definition) is 2. The molecule has 0 spiro atoms. The van der Waals surface area contributed by atoms with Crippen LogP contribution in [0, 0.1) is 0 Å². The number of carbonyl (C=O) groups is 1. The molecule has 31 heavy (non-hydrogen) atoms. The average Bonchev–Trinajstić information content (AvgIpc) is 3.35. The minimum atomic E-state index is -0.157. The summed E-state index contributed by atoms with van der Waals surface area (Å²) < 4.78 is 1.65. The molecule has 8 nitrogen and oxygen atoms in total. The van der Waals surface area contributed by atoms with Gasteiger partial charge in [0.15, 0.2) is 0 Å². The van der Waals surface area contributed by atoms with Gasteiger partial charge in [-0.15, -0.1) is 0 Å². The number of amides is 1. The molecule has 156 valence electrons. The van der Waals surface area contributed by atoms with Gasteiger partial charge in [-0.3, -0.25) is 9.59 Å². The van der Waals surface area contributed by atoms with Gasteiger partial charge in [0.1, 0.15) is 12.7 Å². The summed E-state index contributed by atoms with van der Waals surface area (Å²) in [5.41, 5.74) is 2.27. The van der Waals surface area contributed by atoms with Crippen molar-refractivity contribution in [1.82, 2.24) is 30.3 Å². The first-order valence-electron chi connectivity index (χ1n) is 10.4. The Bertz CT molecular complexity index is 1260. The van der Waals surface area contributed by atoms with Gasteiger partial charge in [0.05, 0.1) is 16.8 Å². The van der Waals surface area contributed by atoms with E-state index in [0.29, 0.717) is 10.9 Å². The number of aromatic amines is 1. The van der Waals surface area contributed by atoms with E-state index in [1.165, 1.54) is 6.33 Å². The molecular weight excluding hydrogens is 392 g/mol. The molecule has 2 heterocycles. The van der Waals surface area contributed by atoms with Crippen LogP contribution in [-0.2, 0) is 0 Å². The zero-order valence-corrected chi connectivity index (χ0v) is 16.9. The lowest BCUT2D eigenvalue weighted by Crippen LogP contribution is -2.37. The molecule has 4 aromatic rings. The molecule has 1 aliphatic carbocycles. The standard InChI is InChI=1S/C23H22N6O2/c30-22(16-7-11-18(12-8-16)29-14-24-13-25-29)26-17-9-5-15(6-10-17)21-19-3-1-2-4-20(19)23(31)28-27-21/h1-4,7-8,11-15,17H,5-6,9-10H2,(H,26,30)(H,28,31)/t15-,17-. The highest BCUT2D eigenvalue weighted by Gasteiger charge is 2.26. The van der Waals surface area contributed by atoms with Crippen LogP contribution in [0.5, 0.6) is 0 Å². The summed E-state index contributed by atoms with van der Waals surface area (Å²) in [7, 11) is 0. The SMILES string of the molecule is O=C(N[C@H]1CC[C@H](c2n[nH]c(=O)c3ccccc32)CC1)c1ccc(-n2cncn2)cc1. The van der Waals surface area contributed by atoms with Crippen molar-refractivity contribution < 1.29 is 4.79 Å². The molecule has 1 amide bonds. The Morgan fingerprint density at radius 2 is 1.74 bits per heavy atom. The van der Waals surface area contributed by atoms with Gasteiger partial charge in [0, 0.05) is 22.9 Å². The molecule has 1 saturated carbocycles. The lowest BCUT2D eigenvalue weighted by atomic mass is 9.82. The van der Waals surface area contributed by atoms with Gasteiger partial charge in [0.2, 0.25) is 0 Å². The number of hydrogen-bond acceptors (Lipinski definition) is 5. The summed E-state index contributed by atoms with van der Waals surface area (Å²) in [4.78, 5) is 28.6. The summed E-state index contributed by atoms with van der Waals surface area (Å²) in [6.45, 7) is 0. The lowest BCUT2D eigenvalue weighted by molar-refractivity contribution is 0.0925. The van der Waals surface area contributed by atoms with Crippen molar-refractivity contribution in [3.05, 3.63) is 82.8 Å². The molecule has 0 aliphatic heterocycles. The number of benzene rings is 2. The van der Waals surface area contributed by atoms with E-state index >= 15 is 0 Å². The molecule has 0 saturated heterocycles. The predicted molar refractivity (Wildman–Crippen MR) is 116 cm³/mol. The molecule has 2 aromatic carbocycles. The second-order valence-corrected chi connectivity index (χ2v) is 7.89. The number of fused-ring (bicyclic) bond motifs is 1. The van der Waals surface area contributed by atoms with Crippen LogP contribution in [0.3, 0.4) is 0 Å². The van der Waals surface area contributed by atoms with E-state index in [2.05, 4.69) is 25.6 Å². The van der Waals surface area contributed by atoms with Crippen molar-refractivity contribution in [2.45, 2.75) is 37.6 Å². The quantitative estimate of drug-likeness (QED) is 0.534. The van der Waals surface area contributed by atoms with E-state index in [1.54, 1.807) is 23.1 Å². The second-order valence-electron chi connectivity index (χ2n) is 7.89. The molecule has 1 fully saturated rings. The average molecular weight is 414 g/mol. The van der Waals surface area contributed by atoms with E-state index in [-0.39, 0.29) is 23.4 Å². The Kier molecular flexibility index (Phi) is 5.03. The number of rotatable bonds is 4. The van der Waals surface area contributed by atoms with E-state index < -0.39 is 0 Å². The van der Waals surface area contributed by atoms with Crippen molar-refractivity contribution in [2.24, 2.45) is 0 Å². The van der Waals surface area contributed by atoms with Gasteiger partial charge in [-0.05, 0) is 56.0 Å². The highest BCUT2D eigenvalue weighted by Crippen LogP contribution is 2.34. The number of nitrogens with one attached hydrogen (secondary N) is 2. The largest absolute Gasteiger partial charge is 0.349 e. The first-order chi connectivity index (χ1) is 15.2. The molecule has 0 atom stereocenters. The van der Waals surface area contributed by atoms with Crippen LogP contribution < -0.4 is 10.9 Å². The first-order valence-corrected chi connectivity index (χ1v) is 10.4. The molecule has 0 radical (unpaired) electrons. The van der Waals surface area contributed by atoms with Crippen molar-refractivity contribution in [2.75, 3.05) is 0 Å². The molecular formula is C23H22N6O2. The topological polar surface area (TPSA) is 106 Å². The van der Waals surface area contributed by atoms with Crippen LogP contribution in [0.1, 0.15) is 47.7 Å². The molecule has 0 bridgehead atoms. The van der Waals surface area contributed by atoms with E-state index in [1.807, 2.05) is 36.4 Å². The van der Waals surface area contributed by atoms with Crippen LogP contribution >= 0.6 is 0 Å². The highest BCUT2D eigenvalue weighted by atomic mass is 16.1. The fraction of sp³-hybridized carbons (Fsp3) is 0.261. The van der Waals surface area contributed by atoms with Crippen molar-refractivity contribution >= 4 is 16.7 Å². The van der Waals surface area contributed by atoms with E-state index in [0.717, 1.165) is 42.5 Å². The van der Waals surface area contributed by atoms with Crippen LogP contribution in [0.4, 0.5) is 0 Å². The Hall–Kier alpha value is -3.81. The molecule has 0 unspecified atom stereocenters. The normalized spacial score (nSPS) is 18.7. The van der Waals surface area contributed by atoms with Crippen LogP contribution in [0.2, 0.25) is 0 Å². The van der Waals surface area contributed by atoms with Crippen molar-refractivity contribution in [1.29, 1.82) is 0 Å². The second kappa shape index (κ2) is 8.14. The Labute approximate surface area is 178 Å². The lowest BCUT2D eigenvalue weighted by Gasteiger charge is -2.29. The van der Waals surface area contributed by atoms with Crippen LogP contribution in [0.15, 0.2) is 66.0 Å². The maximum Gasteiger partial charge on any atom is 0.272 e. The summed E-state index contributed by atoms with van der Waals surface area (Å²) in [5, 5.41) is 15.8. The number of nitrogens with zero attached hydrogens (tertiary/aromatic N) is 4. The van der Waals surface area contributed by atoms with Gasteiger partial charge in [-0.25, -0.2) is 14.8 Å². The van der Waals surface area contributed by atoms with Crippen molar-refractivity contribution in [3.8, 4) is 5.69 Å². The number of carbonyl (C=O) groups excluding carboxylic acids is 1. The third kappa shape index (κ3) is 3.84. The summed E-state index contributed by atoms with van der Waals surface area (Å²) in [5.74, 6) is 0.207. The molecule has 8 heteroatoms. The molecule has 1 aliphatic rings. The first kappa shape index (κ1) is 19.2. The zero-order chi connectivity index (χ0) is 21.2. The fourth-order valence-corrected chi connectivity index (χ4v) is 4.33. The monoisotopic (exact) mass is 414 g/mol.